The molecule has 0 aliphatic heterocycles. The summed E-state index contributed by atoms with van der Waals surface area (Å²) in [5, 5.41) is 9.21. The molecule has 0 heterocycles. The maximum atomic E-state index is 10.8. The van der Waals surface area contributed by atoms with Gasteiger partial charge in [0.05, 0.1) is 20.3 Å². The van der Waals surface area contributed by atoms with E-state index in [0.717, 1.165) is 0 Å². The lowest BCUT2D eigenvalue weighted by atomic mass is 9.91. The zero-order valence-electron chi connectivity index (χ0n) is 10.7. The Balaban J connectivity index is 3.29. The lowest BCUT2D eigenvalue weighted by Crippen LogP contribution is -2.01. The van der Waals surface area contributed by atoms with Crippen LogP contribution in [0.4, 0.5) is 0 Å². The number of nitriles is 1. The summed E-state index contributed by atoms with van der Waals surface area (Å²) in [6.07, 6.45) is 0.487. The molecule has 94 valence electrons. The summed E-state index contributed by atoms with van der Waals surface area (Å²) >= 11 is 0. The molecule has 0 saturated carbocycles. The molecule has 0 aromatic heterocycles. The molecule has 1 aromatic rings. The second-order valence-corrected chi connectivity index (χ2v) is 3.69. The van der Waals surface area contributed by atoms with Crippen LogP contribution in [0, 0.1) is 11.3 Å². The molecule has 1 rings (SSSR count). The van der Waals surface area contributed by atoms with Gasteiger partial charge in [-0.05, 0) is 24.1 Å². The average Bonchev–Trinajstić information content (AvgIpc) is 2.43. The van der Waals surface area contributed by atoms with Gasteiger partial charge in [-0.3, -0.25) is 0 Å². The second-order valence-electron chi connectivity index (χ2n) is 3.69. The van der Waals surface area contributed by atoms with Gasteiger partial charge in [-0.2, -0.15) is 5.26 Å². The van der Waals surface area contributed by atoms with Crippen molar-refractivity contribution in [3.63, 3.8) is 0 Å². The zero-order valence-corrected chi connectivity index (χ0v) is 10.7. The van der Waals surface area contributed by atoms with E-state index in [9.17, 15) is 10.1 Å². The summed E-state index contributed by atoms with van der Waals surface area (Å²) in [5.41, 5.74) is 1.10. The zero-order chi connectivity index (χ0) is 13.5. The van der Waals surface area contributed by atoms with Gasteiger partial charge in [0.2, 0.25) is 0 Å². The molecule has 0 radical (unpaired) electrons. The summed E-state index contributed by atoms with van der Waals surface area (Å²) in [6.45, 7) is 1.82. The highest BCUT2D eigenvalue weighted by molar-refractivity contribution is 5.59. The average molecular weight is 245 g/mol. The molecule has 4 heteroatoms. The highest BCUT2D eigenvalue weighted by Crippen LogP contribution is 2.31. The van der Waals surface area contributed by atoms with Gasteiger partial charge in [-0.1, -0.05) is 6.92 Å². The SMILES string of the molecule is CCC(=C=O)C(C#N)c1cc(OC)cc(OC)c1. The van der Waals surface area contributed by atoms with E-state index < -0.39 is 5.92 Å². The normalized spacial score (nSPS) is 11.0. The van der Waals surface area contributed by atoms with Crippen LogP contribution in [0.5, 0.6) is 11.5 Å². The maximum absolute atomic E-state index is 10.8. The number of rotatable bonds is 5. The molecular formula is C14H15NO3. The minimum atomic E-state index is -0.614. The van der Waals surface area contributed by atoms with Crippen LogP contribution in [0.3, 0.4) is 0 Å². The van der Waals surface area contributed by atoms with Crippen LogP contribution >= 0.6 is 0 Å². The van der Waals surface area contributed by atoms with Gasteiger partial charge in [0.25, 0.3) is 0 Å². The number of methoxy groups -OCH3 is 2. The minimum Gasteiger partial charge on any atom is -0.497 e. The van der Waals surface area contributed by atoms with E-state index in [4.69, 9.17) is 9.47 Å². The smallest absolute Gasteiger partial charge is 0.125 e. The van der Waals surface area contributed by atoms with Crippen LogP contribution in [0.1, 0.15) is 24.8 Å². The van der Waals surface area contributed by atoms with Crippen molar-refractivity contribution in [3.05, 3.63) is 29.3 Å². The fourth-order valence-electron chi connectivity index (χ4n) is 1.68. The van der Waals surface area contributed by atoms with Gasteiger partial charge in [0.1, 0.15) is 23.4 Å². The molecule has 1 aromatic carbocycles. The fourth-order valence-corrected chi connectivity index (χ4v) is 1.68. The van der Waals surface area contributed by atoms with E-state index >= 15 is 0 Å². The Kier molecular flexibility index (Phi) is 4.98. The van der Waals surface area contributed by atoms with Crippen molar-refractivity contribution in [1.82, 2.24) is 0 Å². The third-order valence-corrected chi connectivity index (χ3v) is 2.70. The van der Waals surface area contributed by atoms with Gasteiger partial charge < -0.3 is 9.47 Å². The third kappa shape index (κ3) is 2.91. The Bertz CT molecular complexity index is 488. The first-order chi connectivity index (χ1) is 8.69. The molecule has 0 spiro atoms. The Morgan fingerprint density at radius 2 is 1.83 bits per heavy atom. The molecule has 0 aliphatic rings. The molecular weight excluding hydrogens is 230 g/mol. The fraction of sp³-hybridized carbons (Fsp3) is 0.357. The minimum absolute atomic E-state index is 0.424. The number of ether oxygens (including phenoxy) is 2. The van der Waals surface area contributed by atoms with Crippen LogP contribution in [0.25, 0.3) is 0 Å². The molecule has 0 amide bonds. The van der Waals surface area contributed by atoms with E-state index in [1.165, 1.54) is 14.2 Å². The number of hydrogen-bond acceptors (Lipinski definition) is 4. The Hall–Kier alpha value is -2.24. The van der Waals surface area contributed by atoms with Gasteiger partial charge in [-0.15, -0.1) is 0 Å². The summed E-state index contributed by atoms with van der Waals surface area (Å²) in [7, 11) is 3.08. The van der Waals surface area contributed by atoms with Crippen molar-refractivity contribution in [2.24, 2.45) is 0 Å². The highest BCUT2D eigenvalue weighted by Gasteiger charge is 2.18. The number of benzene rings is 1. The highest BCUT2D eigenvalue weighted by atomic mass is 16.5. The van der Waals surface area contributed by atoms with E-state index in [-0.39, 0.29) is 0 Å². The Labute approximate surface area is 106 Å². The first kappa shape index (κ1) is 13.8. The van der Waals surface area contributed by atoms with E-state index in [2.05, 4.69) is 6.07 Å². The molecule has 0 bridgehead atoms. The van der Waals surface area contributed by atoms with E-state index in [1.54, 1.807) is 18.2 Å². The van der Waals surface area contributed by atoms with Crippen LogP contribution in [-0.4, -0.2) is 20.2 Å². The number of carbonyl (C=O) groups excluding carboxylic acids is 1. The second kappa shape index (κ2) is 6.48. The quantitative estimate of drug-likeness (QED) is 0.748. The predicted octanol–water partition coefficient (Wildman–Crippen LogP) is 2.48. The molecule has 0 fully saturated rings. The molecule has 0 N–H and O–H groups in total. The molecule has 0 saturated heterocycles. The van der Waals surface area contributed by atoms with Crippen molar-refractivity contribution >= 4 is 5.94 Å². The number of hydrogen-bond donors (Lipinski definition) is 0. The van der Waals surface area contributed by atoms with Crippen molar-refractivity contribution in [2.75, 3.05) is 14.2 Å². The Morgan fingerprint density at radius 3 is 2.17 bits per heavy atom. The monoisotopic (exact) mass is 245 g/mol. The van der Waals surface area contributed by atoms with Crippen molar-refractivity contribution in [2.45, 2.75) is 19.3 Å². The number of nitrogens with zero attached hydrogens (tertiary/aromatic N) is 1. The van der Waals surface area contributed by atoms with Gasteiger partial charge in [0, 0.05) is 11.6 Å². The van der Waals surface area contributed by atoms with Crippen LogP contribution in [0.15, 0.2) is 23.8 Å². The number of allylic oxidation sites excluding steroid dienone is 1. The van der Waals surface area contributed by atoms with Crippen LogP contribution in [0.2, 0.25) is 0 Å². The van der Waals surface area contributed by atoms with Gasteiger partial charge in [0.15, 0.2) is 0 Å². The van der Waals surface area contributed by atoms with Gasteiger partial charge >= 0.3 is 0 Å². The van der Waals surface area contributed by atoms with Crippen LogP contribution in [-0.2, 0) is 4.79 Å². The molecule has 0 aliphatic carbocycles. The van der Waals surface area contributed by atoms with Crippen molar-refractivity contribution < 1.29 is 14.3 Å². The first-order valence-corrected chi connectivity index (χ1v) is 5.56. The maximum Gasteiger partial charge on any atom is 0.125 e. The lowest BCUT2D eigenvalue weighted by molar-refractivity contribution is 0.393. The largest absolute Gasteiger partial charge is 0.497 e. The third-order valence-electron chi connectivity index (χ3n) is 2.70. The molecule has 18 heavy (non-hydrogen) atoms. The summed E-state index contributed by atoms with van der Waals surface area (Å²) in [4.78, 5) is 10.8. The summed E-state index contributed by atoms with van der Waals surface area (Å²) in [5.74, 6) is 2.40. The van der Waals surface area contributed by atoms with E-state index in [1.807, 2.05) is 12.9 Å². The standard InChI is InChI=1S/C14H15NO3/c1-4-10(9-16)14(8-15)11-5-12(17-2)7-13(6-11)18-3/h5-7,14H,4H2,1-3H3. The Morgan fingerprint density at radius 1 is 1.28 bits per heavy atom. The first-order valence-electron chi connectivity index (χ1n) is 5.56. The summed E-state index contributed by atoms with van der Waals surface area (Å²) < 4.78 is 10.3. The molecule has 1 unspecified atom stereocenters. The van der Waals surface area contributed by atoms with Crippen molar-refractivity contribution in [3.8, 4) is 17.6 Å². The van der Waals surface area contributed by atoms with E-state index in [0.29, 0.717) is 29.1 Å². The lowest BCUT2D eigenvalue weighted by Gasteiger charge is -2.12. The molecule has 1 atom stereocenters. The van der Waals surface area contributed by atoms with Crippen molar-refractivity contribution in [1.29, 1.82) is 5.26 Å². The summed E-state index contributed by atoms with van der Waals surface area (Å²) in [6, 6.07) is 7.28. The van der Waals surface area contributed by atoms with Crippen LogP contribution < -0.4 is 9.47 Å². The molecule has 4 nitrogen and oxygen atoms in total. The topological polar surface area (TPSA) is 59.3 Å². The predicted molar refractivity (Wildman–Crippen MR) is 67.4 cm³/mol. The van der Waals surface area contributed by atoms with Gasteiger partial charge in [-0.25, -0.2) is 4.79 Å².